The first-order valence-corrected chi connectivity index (χ1v) is 13.4. The highest BCUT2D eigenvalue weighted by atomic mass is 32.2. The first-order valence-electron chi connectivity index (χ1n) is 12.4. The maximum atomic E-state index is 13.3. The number of fused-ring (bicyclic) bond motifs is 1. The van der Waals surface area contributed by atoms with Crippen LogP contribution in [0.4, 0.5) is 13.6 Å². The lowest BCUT2D eigenvalue weighted by molar-refractivity contribution is -0.143. The van der Waals surface area contributed by atoms with Crippen LogP contribution in [0.15, 0.2) is 0 Å². The van der Waals surface area contributed by atoms with Crippen LogP contribution in [-0.4, -0.2) is 77.0 Å². The molecule has 3 saturated heterocycles. The molecular weight excluding hydrogens is 496 g/mol. The van der Waals surface area contributed by atoms with Gasteiger partial charge in [0.05, 0.1) is 18.0 Å². The SMILES string of the molecule is N#C[C@H](C[C@@H]1CCNC1=O)NC(=O)C1CS[C@H]2CC[C@H](NC(=O)OCC3CCC(F)(F)CC3)C(=O)N12. The van der Waals surface area contributed by atoms with E-state index in [4.69, 9.17) is 4.74 Å². The molecule has 3 heterocycles. The molecule has 3 N–H and O–H groups in total. The number of carbonyl (C=O) groups is 4. The molecular formula is C23H31F2N5O5S. The maximum Gasteiger partial charge on any atom is 0.407 e. The number of hydrogen-bond acceptors (Lipinski definition) is 7. The van der Waals surface area contributed by atoms with E-state index in [1.54, 1.807) is 0 Å². The number of rotatable bonds is 7. The minimum atomic E-state index is -2.65. The van der Waals surface area contributed by atoms with Crippen molar-refractivity contribution in [2.45, 2.75) is 80.8 Å². The van der Waals surface area contributed by atoms with Crippen LogP contribution in [0.3, 0.4) is 0 Å². The summed E-state index contributed by atoms with van der Waals surface area (Å²) in [6.45, 7) is 0.566. The molecule has 1 unspecified atom stereocenters. The largest absolute Gasteiger partial charge is 0.449 e. The van der Waals surface area contributed by atoms with Crippen molar-refractivity contribution < 1.29 is 32.7 Å². The van der Waals surface area contributed by atoms with Crippen molar-refractivity contribution in [2.75, 3.05) is 18.9 Å². The molecule has 0 aromatic heterocycles. The molecule has 4 amide bonds. The van der Waals surface area contributed by atoms with E-state index < -0.39 is 42.0 Å². The minimum Gasteiger partial charge on any atom is -0.449 e. The Hall–Kier alpha value is -2.62. The molecule has 13 heteroatoms. The van der Waals surface area contributed by atoms with Crippen molar-refractivity contribution in [3.05, 3.63) is 0 Å². The van der Waals surface area contributed by atoms with E-state index in [0.29, 0.717) is 31.6 Å². The van der Waals surface area contributed by atoms with Crippen molar-refractivity contribution in [1.82, 2.24) is 20.9 Å². The van der Waals surface area contributed by atoms with Gasteiger partial charge in [-0.15, -0.1) is 11.8 Å². The zero-order valence-corrected chi connectivity index (χ0v) is 20.7. The van der Waals surface area contributed by atoms with Gasteiger partial charge in [0.15, 0.2) is 0 Å². The molecule has 4 rings (SSSR count). The van der Waals surface area contributed by atoms with Gasteiger partial charge in [-0.1, -0.05) is 0 Å². The van der Waals surface area contributed by atoms with Gasteiger partial charge < -0.3 is 25.6 Å². The highest BCUT2D eigenvalue weighted by molar-refractivity contribution is 8.00. The highest BCUT2D eigenvalue weighted by Gasteiger charge is 2.47. The molecule has 4 aliphatic rings. The van der Waals surface area contributed by atoms with Gasteiger partial charge in [0.1, 0.15) is 18.1 Å². The summed E-state index contributed by atoms with van der Waals surface area (Å²) < 4.78 is 31.8. The molecule has 5 atom stereocenters. The van der Waals surface area contributed by atoms with Crippen molar-refractivity contribution >= 4 is 35.6 Å². The summed E-state index contributed by atoms with van der Waals surface area (Å²) in [5.74, 6) is -3.73. The van der Waals surface area contributed by atoms with E-state index in [-0.39, 0.29) is 61.8 Å². The molecule has 0 bridgehead atoms. The third kappa shape index (κ3) is 6.19. The Balaban J connectivity index is 1.27. The minimum absolute atomic E-state index is 0.0185. The van der Waals surface area contributed by atoms with Crippen molar-refractivity contribution in [2.24, 2.45) is 11.8 Å². The number of nitrogens with zero attached hydrogens (tertiary/aromatic N) is 2. The number of amides is 4. The zero-order chi connectivity index (χ0) is 25.9. The van der Waals surface area contributed by atoms with Crippen LogP contribution in [0, 0.1) is 23.2 Å². The normalized spacial score (nSPS) is 30.6. The van der Waals surface area contributed by atoms with Gasteiger partial charge >= 0.3 is 6.09 Å². The number of piperidine rings is 1. The van der Waals surface area contributed by atoms with E-state index >= 15 is 0 Å². The number of hydrogen-bond donors (Lipinski definition) is 3. The van der Waals surface area contributed by atoms with Gasteiger partial charge in [0.2, 0.25) is 23.6 Å². The van der Waals surface area contributed by atoms with E-state index in [1.165, 1.54) is 16.7 Å². The summed E-state index contributed by atoms with van der Waals surface area (Å²) in [6.07, 6.45) is 1.12. The summed E-state index contributed by atoms with van der Waals surface area (Å²) in [6, 6.07) is -0.459. The van der Waals surface area contributed by atoms with E-state index in [0.717, 1.165) is 0 Å². The van der Waals surface area contributed by atoms with Gasteiger partial charge in [0, 0.05) is 31.1 Å². The second kappa shape index (κ2) is 11.2. The van der Waals surface area contributed by atoms with Gasteiger partial charge in [0.25, 0.3) is 0 Å². The summed E-state index contributed by atoms with van der Waals surface area (Å²) in [7, 11) is 0. The molecule has 0 radical (unpaired) electrons. The second-order valence-corrected chi connectivity index (χ2v) is 11.1. The number of nitrogens with one attached hydrogen (secondary N) is 3. The summed E-state index contributed by atoms with van der Waals surface area (Å²) in [5, 5.41) is 17.2. The molecule has 1 aliphatic carbocycles. The molecule has 4 fully saturated rings. The molecule has 1 saturated carbocycles. The Kier molecular flexibility index (Phi) is 8.22. The topological polar surface area (TPSA) is 141 Å². The molecule has 0 spiro atoms. The Morgan fingerprint density at radius 3 is 2.64 bits per heavy atom. The molecule has 198 valence electrons. The Labute approximate surface area is 212 Å². The number of carbonyl (C=O) groups excluding carboxylic acids is 4. The molecule has 3 aliphatic heterocycles. The van der Waals surface area contributed by atoms with Crippen LogP contribution < -0.4 is 16.0 Å². The van der Waals surface area contributed by atoms with E-state index in [1.807, 2.05) is 6.07 Å². The van der Waals surface area contributed by atoms with Crippen molar-refractivity contribution in [1.29, 1.82) is 5.26 Å². The van der Waals surface area contributed by atoms with Crippen LogP contribution in [-0.2, 0) is 19.1 Å². The Morgan fingerprint density at radius 1 is 1.22 bits per heavy atom. The lowest BCUT2D eigenvalue weighted by atomic mass is 9.87. The third-order valence-corrected chi connectivity index (χ3v) is 8.74. The van der Waals surface area contributed by atoms with E-state index in [9.17, 15) is 33.2 Å². The number of alkyl carbamates (subject to hydrolysis) is 1. The number of ether oxygens (including phenoxy) is 1. The smallest absolute Gasteiger partial charge is 0.407 e. The molecule has 0 aromatic carbocycles. The molecule has 36 heavy (non-hydrogen) atoms. The van der Waals surface area contributed by atoms with Crippen LogP contribution in [0.1, 0.15) is 51.4 Å². The average molecular weight is 528 g/mol. The van der Waals surface area contributed by atoms with Crippen LogP contribution in [0.25, 0.3) is 0 Å². The number of nitriles is 1. The fourth-order valence-electron chi connectivity index (χ4n) is 5.24. The standard InChI is InChI=1S/C23H31F2N5O5S/c24-23(25)6-3-13(4-7-23)11-35-22(34)29-16-1-2-18-30(21(16)33)17(12-36-18)20(32)28-15(10-26)9-14-5-8-27-19(14)31/h13-18H,1-9,11-12H2,(H,27,31)(H,28,32)(H,29,34)/t14-,15-,16-,17?,18-/m0/s1. The van der Waals surface area contributed by atoms with Gasteiger partial charge in [-0.2, -0.15) is 5.26 Å². The summed E-state index contributed by atoms with van der Waals surface area (Å²) in [4.78, 5) is 51.8. The van der Waals surface area contributed by atoms with Crippen LogP contribution >= 0.6 is 11.8 Å². The average Bonchev–Trinajstić information content (AvgIpc) is 3.46. The van der Waals surface area contributed by atoms with Crippen LogP contribution in [0.5, 0.6) is 0 Å². The predicted molar refractivity (Wildman–Crippen MR) is 125 cm³/mol. The van der Waals surface area contributed by atoms with Gasteiger partial charge in [-0.05, 0) is 44.4 Å². The fourth-order valence-corrected chi connectivity index (χ4v) is 6.67. The third-order valence-electron chi connectivity index (χ3n) is 7.38. The van der Waals surface area contributed by atoms with Crippen molar-refractivity contribution in [3.8, 4) is 6.07 Å². The lowest BCUT2D eigenvalue weighted by Crippen LogP contribution is -2.59. The van der Waals surface area contributed by atoms with Crippen molar-refractivity contribution in [3.63, 3.8) is 0 Å². The second-order valence-electron chi connectivity index (χ2n) is 9.92. The molecule has 10 nitrogen and oxygen atoms in total. The monoisotopic (exact) mass is 527 g/mol. The number of alkyl halides is 2. The highest BCUT2D eigenvalue weighted by Crippen LogP contribution is 2.37. The maximum absolute atomic E-state index is 13.3. The number of thioether (sulfide) groups is 1. The molecule has 0 aromatic rings. The van der Waals surface area contributed by atoms with Gasteiger partial charge in [-0.3, -0.25) is 14.4 Å². The van der Waals surface area contributed by atoms with E-state index in [2.05, 4.69) is 16.0 Å². The fraction of sp³-hybridized carbons (Fsp3) is 0.783. The first kappa shape index (κ1) is 26.4. The Morgan fingerprint density at radius 2 is 1.97 bits per heavy atom. The zero-order valence-electron chi connectivity index (χ0n) is 19.8. The van der Waals surface area contributed by atoms with Gasteiger partial charge in [-0.25, -0.2) is 13.6 Å². The van der Waals surface area contributed by atoms with Crippen LogP contribution in [0.2, 0.25) is 0 Å². The summed E-state index contributed by atoms with van der Waals surface area (Å²) in [5.41, 5.74) is 0. The summed E-state index contributed by atoms with van der Waals surface area (Å²) >= 11 is 1.48. The quantitative estimate of drug-likeness (QED) is 0.456. The number of halogens is 2. The first-order chi connectivity index (χ1) is 17.2. The predicted octanol–water partition coefficient (Wildman–Crippen LogP) is 1.51. The Bertz CT molecular complexity index is 921. The lowest BCUT2D eigenvalue weighted by Gasteiger charge is -2.37.